The predicted molar refractivity (Wildman–Crippen MR) is 90.9 cm³/mol. The van der Waals surface area contributed by atoms with E-state index in [0.29, 0.717) is 5.75 Å². The fourth-order valence-corrected chi connectivity index (χ4v) is 5.06. The molecule has 3 aromatic rings. The van der Waals surface area contributed by atoms with Crippen LogP contribution in [0.25, 0.3) is 10.2 Å². The Balaban J connectivity index is 1.61. The fourth-order valence-electron chi connectivity index (χ4n) is 2.85. The van der Waals surface area contributed by atoms with Crippen LogP contribution in [-0.2, 0) is 12.8 Å². The van der Waals surface area contributed by atoms with Crippen molar-refractivity contribution in [3.8, 4) is 0 Å². The van der Waals surface area contributed by atoms with Gasteiger partial charge in [0.05, 0.1) is 5.75 Å². The molecule has 0 radical (unpaired) electrons. The largest absolute Gasteiger partial charge is 0.293 e. The standard InChI is InChI=1S/C17H14N2OS2/c20-13(11-5-2-1-3-6-11)9-21-16-15-12-7-4-8-14(12)22-17(15)19-10-18-16/h1-3,5-6,10H,4,7-9H2. The molecule has 1 aliphatic rings. The zero-order valence-electron chi connectivity index (χ0n) is 11.9. The van der Waals surface area contributed by atoms with E-state index in [1.807, 2.05) is 30.3 Å². The van der Waals surface area contributed by atoms with Crippen molar-refractivity contribution in [3.63, 3.8) is 0 Å². The second-order valence-corrected chi connectivity index (χ2v) is 7.34. The highest BCUT2D eigenvalue weighted by atomic mass is 32.2. The second kappa shape index (κ2) is 5.82. The predicted octanol–water partition coefficient (Wildman–Crippen LogP) is 4.16. The molecule has 0 bridgehead atoms. The van der Waals surface area contributed by atoms with Gasteiger partial charge in [0.2, 0.25) is 0 Å². The summed E-state index contributed by atoms with van der Waals surface area (Å²) in [6.45, 7) is 0. The summed E-state index contributed by atoms with van der Waals surface area (Å²) in [6, 6.07) is 9.44. The topological polar surface area (TPSA) is 42.9 Å². The van der Waals surface area contributed by atoms with E-state index in [-0.39, 0.29) is 5.78 Å². The third kappa shape index (κ3) is 2.44. The average Bonchev–Trinajstić information content (AvgIpc) is 3.14. The first-order valence-corrected chi connectivity index (χ1v) is 9.09. The first kappa shape index (κ1) is 13.9. The van der Waals surface area contributed by atoms with Crippen LogP contribution in [0.5, 0.6) is 0 Å². The summed E-state index contributed by atoms with van der Waals surface area (Å²) >= 11 is 3.31. The normalized spacial score (nSPS) is 13.5. The molecule has 0 N–H and O–H groups in total. The molecule has 0 amide bonds. The Morgan fingerprint density at radius 2 is 2.05 bits per heavy atom. The lowest BCUT2D eigenvalue weighted by Gasteiger charge is -2.03. The van der Waals surface area contributed by atoms with Crippen LogP contribution in [0, 0.1) is 0 Å². The number of aryl methyl sites for hydroxylation is 2. The van der Waals surface area contributed by atoms with Gasteiger partial charge in [-0.2, -0.15) is 0 Å². The first-order valence-electron chi connectivity index (χ1n) is 7.29. The van der Waals surface area contributed by atoms with Gasteiger partial charge in [0.1, 0.15) is 16.2 Å². The molecule has 0 saturated heterocycles. The molecule has 0 atom stereocenters. The summed E-state index contributed by atoms with van der Waals surface area (Å²) in [7, 11) is 0. The summed E-state index contributed by atoms with van der Waals surface area (Å²) in [6.07, 6.45) is 5.11. The molecule has 22 heavy (non-hydrogen) atoms. The van der Waals surface area contributed by atoms with Gasteiger partial charge in [0, 0.05) is 15.8 Å². The molecule has 0 aliphatic heterocycles. The van der Waals surface area contributed by atoms with Gasteiger partial charge in [-0.3, -0.25) is 4.79 Å². The van der Waals surface area contributed by atoms with E-state index < -0.39 is 0 Å². The van der Waals surface area contributed by atoms with Crippen LogP contribution >= 0.6 is 23.1 Å². The molecule has 110 valence electrons. The third-order valence-electron chi connectivity index (χ3n) is 3.90. The Morgan fingerprint density at radius 1 is 1.18 bits per heavy atom. The van der Waals surface area contributed by atoms with Gasteiger partial charge in [0.25, 0.3) is 0 Å². The third-order valence-corrected chi connectivity index (χ3v) is 6.09. The minimum absolute atomic E-state index is 0.143. The number of Topliss-reactive ketones (excluding diaryl/α,β-unsaturated/α-hetero) is 1. The van der Waals surface area contributed by atoms with Crippen LogP contribution in [0.2, 0.25) is 0 Å². The van der Waals surface area contributed by atoms with Gasteiger partial charge >= 0.3 is 0 Å². The van der Waals surface area contributed by atoms with Crippen molar-refractivity contribution in [2.24, 2.45) is 0 Å². The molecule has 1 aliphatic carbocycles. The molecule has 3 nitrogen and oxygen atoms in total. The van der Waals surface area contributed by atoms with Gasteiger partial charge in [-0.05, 0) is 24.8 Å². The number of benzene rings is 1. The Labute approximate surface area is 136 Å². The van der Waals surface area contributed by atoms with Crippen molar-refractivity contribution >= 4 is 39.1 Å². The summed E-state index contributed by atoms with van der Waals surface area (Å²) in [5.74, 6) is 0.560. The summed E-state index contributed by atoms with van der Waals surface area (Å²) in [5, 5.41) is 2.14. The number of fused-ring (bicyclic) bond motifs is 3. The number of carbonyl (C=O) groups excluding carboxylic acids is 1. The summed E-state index contributed by atoms with van der Waals surface area (Å²) in [4.78, 5) is 23.6. The molecule has 2 heterocycles. The van der Waals surface area contributed by atoms with E-state index in [2.05, 4.69) is 9.97 Å². The number of carbonyl (C=O) groups is 1. The van der Waals surface area contributed by atoms with Crippen LogP contribution in [0.15, 0.2) is 41.7 Å². The number of hydrogen-bond donors (Lipinski definition) is 0. The van der Waals surface area contributed by atoms with Crippen molar-refractivity contribution in [2.45, 2.75) is 24.3 Å². The number of thioether (sulfide) groups is 1. The Hall–Kier alpha value is -1.72. The van der Waals surface area contributed by atoms with Crippen LogP contribution in [0.3, 0.4) is 0 Å². The van der Waals surface area contributed by atoms with Gasteiger partial charge in [-0.25, -0.2) is 9.97 Å². The van der Waals surface area contributed by atoms with E-state index in [1.54, 1.807) is 17.7 Å². The maximum absolute atomic E-state index is 12.3. The number of nitrogens with zero attached hydrogens (tertiary/aromatic N) is 2. The SMILES string of the molecule is O=C(CSc1ncnc2sc3c(c12)CCC3)c1ccccc1. The number of ketones is 1. The molecule has 4 rings (SSSR count). The molecular weight excluding hydrogens is 312 g/mol. The minimum atomic E-state index is 0.143. The maximum Gasteiger partial charge on any atom is 0.173 e. The van der Waals surface area contributed by atoms with E-state index >= 15 is 0 Å². The summed E-state index contributed by atoms with van der Waals surface area (Å²) < 4.78 is 0. The lowest BCUT2D eigenvalue weighted by Crippen LogP contribution is -2.02. The van der Waals surface area contributed by atoms with E-state index in [4.69, 9.17) is 0 Å². The van der Waals surface area contributed by atoms with Crippen LogP contribution in [0.1, 0.15) is 27.2 Å². The Morgan fingerprint density at radius 3 is 2.91 bits per heavy atom. The number of rotatable bonds is 4. The Bertz CT molecular complexity index is 842. The quantitative estimate of drug-likeness (QED) is 0.410. The lowest BCUT2D eigenvalue weighted by molar-refractivity contribution is 0.102. The van der Waals surface area contributed by atoms with Crippen molar-refractivity contribution in [3.05, 3.63) is 52.7 Å². The van der Waals surface area contributed by atoms with Gasteiger partial charge in [-0.15, -0.1) is 11.3 Å². The maximum atomic E-state index is 12.3. The van der Waals surface area contributed by atoms with Crippen LogP contribution in [-0.4, -0.2) is 21.5 Å². The molecule has 5 heteroatoms. The number of aromatic nitrogens is 2. The van der Waals surface area contributed by atoms with E-state index in [1.165, 1.54) is 34.0 Å². The smallest absolute Gasteiger partial charge is 0.173 e. The highest BCUT2D eigenvalue weighted by Gasteiger charge is 2.21. The first-order chi connectivity index (χ1) is 10.8. The highest BCUT2D eigenvalue weighted by Crippen LogP contribution is 2.40. The van der Waals surface area contributed by atoms with Crippen molar-refractivity contribution < 1.29 is 4.79 Å². The van der Waals surface area contributed by atoms with Gasteiger partial charge in [-0.1, -0.05) is 42.1 Å². The fraction of sp³-hybridized carbons (Fsp3) is 0.235. The molecule has 0 saturated carbocycles. The van der Waals surface area contributed by atoms with Gasteiger partial charge < -0.3 is 0 Å². The molecule has 0 fully saturated rings. The van der Waals surface area contributed by atoms with Gasteiger partial charge in [0.15, 0.2) is 5.78 Å². The van der Waals surface area contributed by atoms with Crippen molar-refractivity contribution in [1.82, 2.24) is 9.97 Å². The van der Waals surface area contributed by atoms with Crippen LogP contribution < -0.4 is 0 Å². The number of thiophene rings is 1. The molecule has 2 aromatic heterocycles. The number of hydrogen-bond acceptors (Lipinski definition) is 5. The second-order valence-electron chi connectivity index (χ2n) is 5.29. The monoisotopic (exact) mass is 326 g/mol. The van der Waals surface area contributed by atoms with Crippen molar-refractivity contribution in [1.29, 1.82) is 0 Å². The lowest BCUT2D eigenvalue weighted by atomic mass is 10.2. The van der Waals surface area contributed by atoms with E-state index in [9.17, 15) is 4.79 Å². The van der Waals surface area contributed by atoms with Crippen LogP contribution in [0.4, 0.5) is 0 Å². The molecule has 1 aromatic carbocycles. The Kier molecular flexibility index (Phi) is 3.68. The van der Waals surface area contributed by atoms with Crippen molar-refractivity contribution in [2.75, 3.05) is 5.75 Å². The van der Waals surface area contributed by atoms with E-state index in [0.717, 1.165) is 28.3 Å². The highest BCUT2D eigenvalue weighted by molar-refractivity contribution is 8.00. The zero-order chi connectivity index (χ0) is 14.9. The average molecular weight is 326 g/mol. The molecule has 0 spiro atoms. The molecular formula is C17H14N2OS2. The molecule has 0 unspecified atom stereocenters. The summed E-state index contributed by atoms with van der Waals surface area (Å²) in [5.41, 5.74) is 2.17. The zero-order valence-corrected chi connectivity index (χ0v) is 13.5. The minimum Gasteiger partial charge on any atom is -0.293 e.